The van der Waals surface area contributed by atoms with E-state index in [1.165, 1.54) is 12.8 Å². The first-order valence-electron chi connectivity index (χ1n) is 6.69. The molecule has 1 atom stereocenters. The molecular formula is C15H23NO. The van der Waals surface area contributed by atoms with Crippen LogP contribution in [0.5, 0.6) is 0 Å². The van der Waals surface area contributed by atoms with Crippen molar-refractivity contribution >= 4 is 0 Å². The summed E-state index contributed by atoms with van der Waals surface area (Å²) in [6, 6.07) is 4.05. The maximum Gasteiger partial charge on any atom is 0.0819 e. The van der Waals surface area contributed by atoms with Crippen LogP contribution < -0.4 is 0 Å². The van der Waals surface area contributed by atoms with Crippen LogP contribution in [-0.2, 0) is 0 Å². The van der Waals surface area contributed by atoms with Gasteiger partial charge >= 0.3 is 0 Å². The topological polar surface area (TPSA) is 33.1 Å². The molecular weight excluding hydrogens is 210 g/mol. The van der Waals surface area contributed by atoms with Crippen LogP contribution in [0.25, 0.3) is 0 Å². The smallest absolute Gasteiger partial charge is 0.0819 e. The van der Waals surface area contributed by atoms with Gasteiger partial charge in [-0.1, -0.05) is 19.8 Å². The second-order valence-electron chi connectivity index (χ2n) is 5.65. The molecule has 1 saturated carbocycles. The first-order valence-corrected chi connectivity index (χ1v) is 6.69. The third-order valence-electron chi connectivity index (χ3n) is 3.95. The van der Waals surface area contributed by atoms with Crippen LogP contribution >= 0.6 is 0 Å². The normalized spacial score (nSPS) is 26.8. The van der Waals surface area contributed by atoms with Crippen LogP contribution in [0, 0.1) is 25.7 Å². The van der Waals surface area contributed by atoms with Crippen molar-refractivity contribution in [2.24, 2.45) is 11.8 Å². The van der Waals surface area contributed by atoms with Gasteiger partial charge < -0.3 is 5.11 Å². The minimum atomic E-state index is -0.303. The van der Waals surface area contributed by atoms with Crippen LogP contribution in [0.2, 0.25) is 0 Å². The lowest BCUT2D eigenvalue weighted by molar-refractivity contribution is 0.0754. The van der Waals surface area contributed by atoms with Crippen LogP contribution in [0.1, 0.15) is 55.7 Å². The van der Waals surface area contributed by atoms with Gasteiger partial charge in [0, 0.05) is 11.4 Å². The number of hydrogen-bond donors (Lipinski definition) is 1. The van der Waals surface area contributed by atoms with Gasteiger partial charge in [0.05, 0.1) is 6.10 Å². The number of rotatable bonds is 2. The molecule has 0 aromatic carbocycles. The van der Waals surface area contributed by atoms with E-state index in [1.807, 2.05) is 26.0 Å². The van der Waals surface area contributed by atoms with E-state index in [1.54, 1.807) is 0 Å². The molecule has 1 aliphatic rings. The molecule has 1 aliphatic carbocycles. The van der Waals surface area contributed by atoms with E-state index in [4.69, 9.17) is 0 Å². The lowest BCUT2D eigenvalue weighted by Crippen LogP contribution is -2.19. The molecule has 1 fully saturated rings. The van der Waals surface area contributed by atoms with Crippen LogP contribution in [0.15, 0.2) is 12.1 Å². The summed E-state index contributed by atoms with van der Waals surface area (Å²) >= 11 is 0. The Morgan fingerprint density at radius 3 is 2.18 bits per heavy atom. The van der Waals surface area contributed by atoms with E-state index in [0.29, 0.717) is 5.92 Å². The fourth-order valence-corrected chi connectivity index (χ4v) is 2.91. The van der Waals surface area contributed by atoms with Gasteiger partial charge in [-0.2, -0.15) is 0 Å². The van der Waals surface area contributed by atoms with E-state index in [-0.39, 0.29) is 6.10 Å². The maximum atomic E-state index is 10.5. The van der Waals surface area contributed by atoms with Crippen LogP contribution in [-0.4, -0.2) is 10.1 Å². The van der Waals surface area contributed by atoms with Crippen molar-refractivity contribution in [1.29, 1.82) is 0 Å². The van der Waals surface area contributed by atoms with Gasteiger partial charge in [0.2, 0.25) is 0 Å². The second kappa shape index (κ2) is 5.18. The number of aliphatic hydroxyl groups is 1. The van der Waals surface area contributed by atoms with Crippen molar-refractivity contribution in [2.45, 2.75) is 52.6 Å². The van der Waals surface area contributed by atoms with E-state index in [2.05, 4.69) is 11.9 Å². The Labute approximate surface area is 104 Å². The molecule has 0 aliphatic heterocycles. The van der Waals surface area contributed by atoms with Gasteiger partial charge in [-0.05, 0) is 56.2 Å². The zero-order valence-electron chi connectivity index (χ0n) is 11.1. The summed E-state index contributed by atoms with van der Waals surface area (Å²) in [7, 11) is 0. The number of aromatic nitrogens is 1. The van der Waals surface area contributed by atoms with Crippen molar-refractivity contribution in [2.75, 3.05) is 0 Å². The number of aliphatic hydroxyl groups excluding tert-OH is 1. The predicted molar refractivity (Wildman–Crippen MR) is 69.8 cm³/mol. The van der Waals surface area contributed by atoms with Crippen LogP contribution in [0.4, 0.5) is 0 Å². The molecule has 17 heavy (non-hydrogen) atoms. The van der Waals surface area contributed by atoms with Crippen molar-refractivity contribution in [3.05, 3.63) is 29.1 Å². The van der Waals surface area contributed by atoms with E-state index in [9.17, 15) is 5.11 Å². The lowest BCUT2D eigenvalue weighted by Gasteiger charge is -2.30. The Balaban J connectivity index is 2.10. The molecule has 1 aromatic heterocycles. The minimum Gasteiger partial charge on any atom is -0.388 e. The van der Waals surface area contributed by atoms with Crippen LogP contribution in [0.3, 0.4) is 0 Å². The molecule has 1 heterocycles. The van der Waals surface area contributed by atoms with Crippen molar-refractivity contribution in [1.82, 2.24) is 4.98 Å². The predicted octanol–water partition coefficient (Wildman–Crippen LogP) is 3.56. The number of nitrogens with zero attached hydrogens (tertiary/aromatic N) is 1. The largest absolute Gasteiger partial charge is 0.388 e. The summed E-state index contributed by atoms with van der Waals surface area (Å²) in [4.78, 5) is 4.36. The molecule has 2 nitrogen and oxygen atoms in total. The molecule has 94 valence electrons. The second-order valence-corrected chi connectivity index (χ2v) is 5.65. The summed E-state index contributed by atoms with van der Waals surface area (Å²) in [6.07, 6.45) is 4.52. The molecule has 1 aromatic rings. The average Bonchev–Trinajstić information content (AvgIpc) is 2.28. The van der Waals surface area contributed by atoms with Gasteiger partial charge in [-0.3, -0.25) is 4.98 Å². The first kappa shape index (κ1) is 12.6. The Morgan fingerprint density at radius 2 is 1.65 bits per heavy atom. The Morgan fingerprint density at radius 1 is 1.12 bits per heavy atom. The highest BCUT2D eigenvalue weighted by Crippen LogP contribution is 2.36. The van der Waals surface area contributed by atoms with E-state index < -0.39 is 0 Å². The van der Waals surface area contributed by atoms with Gasteiger partial charge in [0.1, 0.15) is 0 Å². The summed E-state index contributed by atoms with van der Waals surface area (Å²) in [5, 5.41) is 10.5. The van der Waals surface area contributed by atoms with Gasteiger partial charge in [-0.25, -0.2) is 0 Å². The molecule has 0 saturated heterocycles. The fourth-order valence-electron chi connectivity index (χ4n) is 2.91. The summed E-state index contributed by atoms with van der Waals surface area (Å²) in [5.41, 5.74) is 3.06. The summed E-state index contributed by atoms with van der Waals surface area (Å²) in [5.74, 6) is 1.27. The first-order chi connectivity index (χ1) is 8.06. The van der Waals surface area contributed by atoms with Gasteiger partial charge in [0.15, 0.2) is 0 Å². The third-order valence-corrected chi connectivity index (χ3v) is 3.95. The number of pyridine rings is 1. The summed E-state index contributed by atoms with van der Waals surface area (Å²) < 4.78 is 0. The Kier molecular flexibility index (Phi) is 3.82. The fraction of sp³-hybridized carbons (Fsp3) is 0.667. The zero-order chi connectivity index (χ0) is 12.4. The maximum absolute atomic E-state index is 10.5. The summed E-state index contributed by atoms with van der Waals surface area (Å²) in [6.45, 7) is 6.29. The highest BCUT2D eigenvalue weighted by atomic mass is 16.3. The molecule has 1 unspecified atom stereocenters. The SMILES string of the molecule is Cc1cc(C(O)C2CCC(C)CC2)cc(C)n1. The molecule has 0 radical (unpaired) electrons. The van der Waals surface area contributed by atoms with E-state index >= 15 is 0 Å². The average molecular weight is 233 g/mol. The quantitative estimate of drug-likeness (QED) is 0.847. The molecule has 0 amide bonds. The molecule has 0 bridgehead atoms. The van der Waals surface area contributed by atoms with Crippen molar-refractivity contribution < 1.29 is 5.11 Å². The molecule has 2 heteroatoms. The standard InChI is InChI=1S/C15H23NO/c1-10-4-6-13(7-5-10)15(17)14-8-11(2)16-12(3)9-14/h8-10,13,15,17H,4-7H2,1-3H3. The molecule has 1 N–H and O–H groups in total. The molecule has 0 spiro atoms. The molecule has 2 rings (SSSR count). The zero-order valence-corrected chi connectivity index (χ0v) is 11.1. The minimum absolute atomic E-state index is 0.303. The Hall–Kier alpha value is -0.890. The van der Waals surface area contributed by atoms with Gasteiger partial charge in [-0.15, -0.1) is 0 Å². The van der Waals surface area contributed by atoms with Crippen molar-refractivity contribution in [3.8, 4) is 0 Å². The highest BCUT2D eigenvalue weighted by Gasteiger charge is 2.25. The number of aryl methyl sites for hydroxylation is 2. The number of hydrogen-bond acceptors (Lipinski definition) is 2. The monoisotopic (exact) mass is 233 g/mol. The third kappa shape index (κ3) is 3.06. The van der Waals surface area contributed by atoms with E-state index in [0.717, 1.165) is 35.7 Å². The Bertz CT molecular complexity index is 360. The van der Waals surface area contributed by atoms with Gasteiger partial charge in [0.25, 0.3) is 0 Å². The van der Waals surface area contributed by atoms with Crippen molar-refractivity contribution in [3.63, 3.8) is 0 Å². The highest BCUT2D eigenvalue weighted by molar-refractivity contribution is 5.23. The lowest BCUT2D eigenvalue weighted by atomic mass is 9.78.